The van der Waals surface area contributed by atoms with Crippen LogP contribution in [0.5, 0.6) is 0 Å². The van der Waals surface area contributed by atoms with Gasteiger partial charge in [0, 0.05) is 5.70 Å². The van der Waals surface area contributed by atoms with Crippen LogP contribution in [0.15, 0.2) is 23.4 Å². The number of hydrazine groups is 1. The summed E-state index contributed by atoms with van der Waals surface area (Å²) >= 11 is 0. The number of rotatable bonds is 1. The van der Waals surface area contributed by atoms with Gasteiger partial charge in [-0.2, -0.15) is 0 Å². The van der Waals surface area contributed by atoms with Crippen molar-refractivity contribution in [1.82, 2.24) is 10.9 Å². The van der Waals surface area contributed by atoms with E-state index in [1.54, 1.807) is 0 Å². The van der Waals surface area contributed by atoms with Gasteiger partial charge in [0.15, 0.2) is 0 Å². The van der Waals surface area contributed by atoms with Gasteiger partial charge in [-0.15, -0.1) is 0 Å². The number of hydrogen-bond acceptors (Lipinski definition) is 3. The minimum atomic E-state index is -0.322. The van der Waals surface area contributed by atoms with Crippen LogP contribution < -0.4 is 16.6 Å². The molecule has 4 nitrogen and oxygen atoms in total. The topological polar surface area (TPSA) is 67.2 Å². The number of hydrogen-bond donors (Lipinski definition) is 3. The molecule has 4 heteroatoms. The predicted molar refractivity (Wildman–Crippen MR) is 49.3 cm³/mol. The molecule has 0 aromatic heterocycles. The Labute approximate surface area is 76.8 Å². The molecule has 0 bridgehead atoms. The lowest BCUT2D eigenvalue weighted by atomic mass is 10.0. The Kier molecular flexibility index (Phi) is 2.06. The zero-order valence-electron chi connectivity index (χ0n) is 7.34. The maximum Gasteiger partial charge on any atom is 0.240 e. The highest BCUT2D eigenvalue weighted by Gasteiger charge is 2.28. The minimum Gasteiger partial charge on any atom is -0.368 e. The summed E-state index contributed by atoms with van der Waals surface area (Å²) in [7, 11) is 0. The molecule has 1 unspecified atom stereocenters. The lowest BCUT2D eigenvalue weighted by Gasteiger charge is -2.09. The van der Waals surface area contributed by atoms with E-state index in [1.807, 2.05) is 6.08 Å². The zero-order chi connectivity index (χ0) is 9.26. The summed E-state index contributed by atoms with van der Waals surface area (Å²) in [6.07, 6.45) is 7.22. The van der Waals surface area contributed by atoms with E-state index in [0.717, 1.165) is 30.5 Å². The van der Waals surface area contributed by atoms with Crippen molar-refractivity contribution in [3.63, 3.8) is 0 Å². The molecule has 1 atom stereocenters. The Morgan fingerprint density at radius 3 is 3.23 bits per heavy atom. The maximum absolute atomic E-state index is 11.0. The average molecular weight is 179 g/mol. The van der Waals surface area contributed by atoms with Crippen LogP contribution >= 0.6 is 0 Å². The van der Waals surface area contributed by atoms with Gasteiger partial charge in [-0.25, -0.2) is 5.43 Å². The largest absolute Gasteiger partial charge is 0.368 e. The molecular formula is C9H13N3O. The maximum atomic E-state index is 11.0. The first-order valence-electron chi connectivity index (χ1n) is 4.49. The first-order chi connectivity index (χ1) is 6.29. The molecule has 0 saturated heterocycles. The van der Waals surface area contributed by atoms with Crippen LogP contribution in [-0.4, -0.2) is 11.9 Å². The Morgan fingerprint density at radius 2 is 2.46 bits per heavy atom. The second-order valence-corrected chi connectivity index (χ2v) is 3.34. The lowest BCUT2D eigenvalue weighted by Crippen LogP contribution is -2.42. The Morgan fingerprint density at radius 1 is 1.62 bits per heavy atom. The lowest BCUT2D eigenvalue weighted by molar-refractivity contribution is -0.119. The highest BCUT2D eigenvalue weighted by Crippen LogP contribution is 2.23. The number of nitrogens with two attached hydrogens (primary N) is 1. The molecule has 0 aromatic carbocycles. The quantitative estimate of drug-likeness (QED) is 0.528. The summed E-state index contributed by atoms with van der Waals surface area (Å²) in [5.74, 6) is -0.312. The molecule has 2 aliphatic rings. The van der Waals surface area contributed by atoms with Crippen molar-refractivity contribution >= 4 is 5.91 Å². The van der Waals surface area contributed by atoms with Crippen molar-refractivity contribution in [2.45, 2.75) is 25.3 Å². The number of amides is 1. The molecule has 0 radical (unpaired) electrons. The highest BCUT2D eigenvalue weighted by molar-refractivity contribution is 5.84. The summed E-state index contributed by atoms with van der Waals surface area (Å²) in [4.78, 5) is 11.0. The number of carbonyl (C=O) groups excluding carboxylic acids is 1. The first-order valence-corrected chi connectivity index (χ1v) is 4.49. The number of allylic oxidation sites excluding steroid dienone is 2. The third kappa shape index (κ3) is 1.45. The van der Waals surface area contributed by atoms with Crippen molar-refractivity contribution in [3.8, 4) is 0 Å². The van der Waals surface area contributed by atoms with Crippen molar-refractivity contribution in [3.05, 3.63) is 23.4 Å². The van der Waals surface area contributed by atoms with Crippen LogP contribution in [0.25, 0.3) is 0 Å². The van der Waals surface area contributed by atoms with Crippen LogP contribution in [0.2, 0.25) is 0 Å². The Bertz CT molecular complexity index is 293. The van der Waals surface area contributed by atoms with Gasteiger partial charge in [0.25, 0.3) is 0 Å². The zero-order valence-corrected chi connectivity index (χ0v) is 7.34. The molecule has 0 fully saturated rings. The summed E-state index contributed by atoms with van der Waals surface area (Å²) in [5.41, 5.74) is 13.2. The summed E-state index contributed by atoms with van der Waals surface area (Å²) < 4.78 is 0. The van der Waals surface area contributed by atoms with Gasteiger partial charge in [-0.05, 0) is 30.9 Å². The third-order valence-electron chi connectivity index (χ3n) is 2.43. The van der Waals surface area contributed by atoms with E-state index in [4.69, 9.17) is 5.73 Å². The van der Waals surface area contributed by atoms with Crippen LogP contribution in [-0.2, 0) is 4.79 Å². The summed E-state index contributed by atoms with van der Waals surface area (Å²) in [6.45, 7) is 0. The monoisotopic (exact) mass is 179 g/mol. The van der Waals surface area contributed by atoms with E-state index in [0.29, 0.717) is 0 Å². The molecule has 2 rings (SSSR count). The van der Waals surface area contributed by atoms with Gasteiger partial charge in [-0.1, -0.05) is 6.08 Å². The molecule has 1 aliphatic carbocycles. The minimum absolute atomic E-state index is 0.312. The van der Waals surface area contributed by atoms with Crippen molar-refractivity contribution < 1.29 is 4.79 Å². The van der Waals surface area contributed by atoms with Crippen molar-refractivity contribution in [1.29, 1.82) is 0 Å². The van der Waals surface area contributed by atoms with E-state index in [2.05, 4.69) is 16.9 Å². The Balaban J connectivity index is 2.26. The first kappa shape index (κ1) is 8.31. The third-order valence-corrected chi connectivity index (χ3v) is 2.43. The fourth-order valence-electron chi connectivity index (χ4n) is 1.75. The normalized spacial score (nSPS) is 26.6. The molecule has 0 saturated carbocycles. The fourth-order valence-corrected chi connectivity index (χ4v) is 1.75. The summed E-state index contributed by atoms with van der Waals surface area (Å²) in [5, 5.41) is 0. The van der Waals surface area contributed by atoms with Crippen molar-refractivity contribution in [2.75, 3.05) is 0 Å². The Hall–Kier alpha value is -1.29. The SMILES string of the molecule is NC(=O)C1NNC2=C1CCCC=C2. The second-order valence-electron chi connectivity index (χ2n) is 3.34. The van der Waals surface area contributed by atoms with Gasteiger partial charge in [0.05, 0.1) is 0 Å². The smallest absolute Gasteiger partial charge is 0.240 e. The number of nitrogens with one attached hydrogen (secondary N) is 2. The number of primary amides is 1. The van der Waals surface area contributed by atoms with E-state index in [-0.39, 0.29) is 11.9 Å². The van der Waals surface area contributed by atoms with Gasteiger partial charge >= 0.3 is 0 Å². The summed E-state index contributed by atoms with van der Waals surface area (Å²) in [6, 6.07) is -0.322. The molecule has 1 heterocycles. The van der Waals surface area contributed by atoms with Gasteiger partial charge in [0.2, 0.25) is 5.91 Å². The molecule has 0 spiro atoms. The standard InChI is InChI=1S/C9H13N3O/c10-9(13)8-6-4-2-1-3-5-7(6)11-12-8/h3,5,8,11-12H,1-2,4H2,(H2,10,13). The van der Waals surface area contributed by atoms with Crippen molar-refractivity contribution in [2.24, 2.45) is 5.73 Å². The average Bonchev–Trinajstić information content (AvgIpc) is 2.36. The molecule has 1 amide bonds. The molecular weight excluding hydrogens is 166 g/mol. The number of carbonyl (C=O) groups is 1. The molecule has 4 N–H and O–H groups in total. The van der Waals surface area contributed by atoms with Crippen LogP contribution in [0.3, 0.4) is 0 Å². The van der Waals surface area contributed by atoms with E-state index >= 15 is 0 Å². The van der Waals surface area contributed by atoms with Gasteiger partial charge in [0.1, 0.15) is 6.04 Å². The van der Waals surface area contributed by atoms with Gasteiger partial charge < -0.3 is 11.2 Å². The second kappa shape index (κ2) is 3.22. The van der Waals surface area contributed by atoms with Crippen LogP contribution in [0.1, 0.15) is 19.3 Å². The van der Waals surface area contributed by atoms with E-state index in [1.165, 1.54) is 0 Å². The van der Waals surface area contributed by atoms with Crippen LogP contribution in [0.4, 0.5) is 0 Å². The highest BCUT2D eigenvalue weighted by atomic mass is 16.1. The van der Waals surface area contributed by atoms with Gasteiger partial charge in [-0.3, -0.25) is 4.79 Å². The molecule has 1 aliphatic heterocycles. The van der Waals surface area contributed by atoms with Crippen LogP contribution in [0, 0.1) is 0 Å². The fraction of sp³-hybridized carbons (Fsp3) is 0.444. The van der Waals surface area contributed by atoms with E-state index < -0.39 is 0 Å². The predicted octanol–water partition coefficient (Wildman–Crippen LogP) is -0.0577. The molecule has 0 aromatic rings. The molecule has 13 heavy (non-hydrogen) atoms. The molecule has 70 valence electrons. The van der Waals surface area contributed by atoms with E-state index in [9.17, 15) is 4.79 Å².